The van der Waals surface area contributed by atoms with Crippen molar-refractivity contribution in [2.45, 2.75) is 47.6 Å². The third-order valence-electron chi connectivity index (χ3n) is 4.48. The van der Waals surface area contributed by atoms with E-state index in [1.807, 2.05) is 23.4 Å². The van der Waals surface area contributed by atoms with E-state index in [1.165, 1.54) is 0 Å². The van der Waals surface area contributed by atoms with Crippen LogP contribution in [0.4, 0.5) is 0 Å². The highest BCUT2D eigenvalue weighted by molar-refractivity contribution is 5.80. The van der Waals surface area contributed by atoms with Crippen LogP contribution in [0.5, 0.6) is 0 Å². The molecule has 1 saturated heterocycles. The molecule has 128 valence electrons. The number of carbonyl (C=O) groups is 2. The fraction of sp³-hybridized carbons (Fsp3) is 0.706. The van der Waals surface area contributed by atoms with Crippen LogP contribution < -0.4 is 0 Å². The van der Waals surface area contributed by atoms with Gasteiger partial charge in [-0.15, -0.1) is 0 Å². The van der Waals surface area contributed by atoms with Crippen LogP contribution in [0.15, 0.2) is 0 Å². The van der Waals surface area contributed by atoms with E-state index in [1.54, 1.807) is 11.8 Å². The minimum atomic E-state index is 0.0822. The monoisotopic (exact) mass is 320 g/mol. The molecule has 6 nitrogen and oxygen atoms in total. The van der Waals surface area contributed by atoms with Gasteiger partial charge in [0.15, 0.2) is 0 Å². The summed E-state index contributed by atoms with van der Waals surface area (Å²) < 4.78 is 2.01. The minimum Gasteiger partial charge on any atom is -0.339 e. The van der Waals surface area contributed by atoms with Gasteiger partial charge >= 0.3 is 0 Å². The number of hydrogen-bond acceptors (Lipinski definition) is 3. The second-order valence-corrected chi connectivity index (χ2v) is 6.79. The molecular weight excluding hydrogens is 292 g/mol. The highest BCUT2D eigenvalue weighted by atomic mass is 16.2. The number of aromatic nitrogens is 2. The maximum Gasteiger partial charge on any atom is 0.227 e. The second-order valence-electron chi connectivity index (χ2n) is 6.79. The first-order valence-electron chi connectivity index (χ1n) is 8.35. The molecule has 0 saturated carbocycles. The first kappa shape index (κ1) is 17.5. The van der Waals surface area contributed by atoms with Crippen LogP contribution in [0, 0.1) is 19.8 Å². The number of amides is 2. The summed E-state index contributed by atoms with van der Waals surface area (Å²) in [5.74, 6) is 0.735. The smallest absolute Gasteiger partial charge is 0.227 e. The van der Waals surface area contributed by atoms with Crippen molar-refractivity contribution in [2.24, 2.45) is 5.92 Å². The standard InChI is InChI=1S/C17H28N4O2/c1-12(2)11-21-14(4)16(13(3)18-21)10-17(23)20-8-6-19(7-9-20)15(5)22/h12H,6-11H2,1-5H3. The highest BCUT2D eigenvalue weighted by Crippen LogP contribution is 2.17. The van der Waals surface area contributed by atoms with Gasteiger partial charge in [-0.1, -0.05) is 13.8 Å². The Morgan fingerprint density at radius 2 is 1.65 bits per heavy atom. The van der Waals surface area contributed by atoms with Gasteiger partial charge < -0.3 is 9.80 Å². The number of rotatable bonds is 4. The topological polar surface area (TPSA) is 58.4 Å². The van der Waals surface area contributed by atoms with Crippen molar-refractivity contribution in [3.63, 3.8) is 0 Å². The molecule has 1 aromatic rings. The quantitative estimate of drug-likeness (QED) is 0.842. The van der Waals surface area contributed by atoms with Crippen molar-refractivity contribution in [3.8, 4) is 0 Å². The molecule has 23 heavy (non-hydrogen) atoms. The summed E-state index contributed by atoms with van der Waals surface area (Å²) in [7, 11) is 0. The maximum atomic E-state index is 12.6. The first-order chi connectivity index (χ1) is 10.8. The average molecular weight is 320 g/mol. The predicted octanol–water partition coefficient (Wildman–Crippen LogP) is 1.39. The molecule has 2 amide bonds. The Kier molecular flexibility index (Phi) is 5.44. The van der Waals surface area contributed by atoms with E-state index in [-0.39, 0.29) is 11.8 Å². The largest absolute Gasteiger partial charge is 0.339 e. The molecule has 6 heteroatoms. The minimum absolute atomic E-state index is 0.0822. The van der Waals surface area contributed by atoms with E-state index in [0.717, 1.165) is 23.5 Å². The molecule has 1 fully saturated rings. The molecule has 0 aliphatic carbocycles. The molecule has 0 N–H and O–H groups in total. The molecule has 0 unspecified atom stereocenters. The van der Waals surface area contributed by atoms with Crippen LogP contribution in [0.1, 0.15) is 37.7 Å². The predicted molar refractivity (Wildman–Crippen MR) is 89.1 cm³/mol. The summed E-state index contributed by atoms with van der Waals surface area (Å²) in [6.45, 7) is 13.3. The van der Waals surface area contributed by atoms with Gasteiger partial charge in [0.2, 0.25) is 11.8 Å². The number of aryl methyl sites for hydroxylation is 1. The summed E-state index contributed by atoms with van der Waals surface area (Å²) in [6, 6.07) is 0. The van der Waals surface area contributed by atoms with Crippen LogP contribution in [0.25, 0.3) is 0 Å². The van der Waals surface area contributed by atoms with E-state index in [9.17, 15) is 9.59 Å². The van der Waals surface area contributed by atoms with Crippen molar-refractivity contribution in [3.05, 3.63) is 17.0 Å². The van der Waals surface area contributed by atoms with Crippen molar-refractivity contribution in [1.82, 2.24) is 19.6 Å². The number of nitrogens with zero attached hydrogens (tertiary/aromatic N) is 4. The van der Waals surface area contributed by atoms with Crippen molar-refractivity contribution < 1.29 is 9.59 Å². The van der Waals surface area contributed by atoms with Crippen molar-refractivity contribution >= 4 is 11.8 Å². The lowest BCUT2D eigenvalue weighted by Gasteiger charge is -2.34. The van der Waals surface area contributed by atoms with Gasteiger partial charge in [-0.05, 0) is 19.8 Å². The Balaban J connectivity index is 2.01. The Labute approximate surface area is 138 Å². The summed E-state index contributed by atoms with van der Waals surface area (Å²) in [4.78, 5) is 27.6. The number of piperazine rings is 1. The normalized spacial score (nSPS) is 15.4. The van der Waals surface area contributed by atoms with E-state index in [4.69, 9.17) is 0 Å². The zero-order valence-electron chi connectivity index (χ0n) is 14.9. The molecule has 0 aromatic carbocycles. The summed E-state index contributed by atoms with van der Waals surface area (Å²) >= 11 is 0. The zero-order chi connectivity index (χ0) is 17.1. The van der Waals surface area contributed by atoms with Crippen LogP contribution in [-0.4, -0.2) is 57.6 Å². The lowest BCUT2D eigenvalue weighted by Crippen LogP contribution is -2.50. The molecule has 2 heterocycles. The van der Waals surface area contributed by atoms with Gasteiger partial charge in [-0.2, -0.15) is 5.10 Å². The molecule has 1 aliphatic heterocycles. The van der Waals surface area contributed by atoms with E-state index < -0.39 is 0 Å². The van der Waals surface area contributed by atoms with E-state index in [2.05, 4.69) is 18.9 Å². The molecule has 0 bridgehead atoms. The first-order valence-corrected chi connectivity index (χ1v) is 8.35. The van der Waals surface area contributed by atoms with Gasteiger partial charge in [-0.3, -0.25) is 14.3 Å². The third-order valence-corrected chi connectivity index (χ3v) is 4.48. The van der Waals surface area contributed by atoms with Gasteiger partial charge in [0, 0.05) is 50.9 Å². The molecular formula is C17H28N4O2. The third kappa shape index (κ3) is 4.12. The number of carbonyl (C=O) groups excluding carboxylic acids is 2. The molecule has 0 spiro atoms. The Morgan fingerprint density at radius 3 is 2.17 bits per heavy atom. The molecule has 2 rings (SSSR count). The molecule has 0 atom stereocenters. The van der Waals surface area contributed by atoms with Gasteiger partial charge in [0.05, 0.1) is 12.1 Å². The van der Waals surface area contributed by atoms with Crippen LogP contribution >= 0.6 is 0 Å². The second kappa shape index (κ2) is 7.15. The lowest BCUT2D eigenvalue weighted by molar-refractivity contribution is -0.138. The average Bonchev–Trinajstić information content (AvgIpc) is 2.74. The van der Waals surface area contributed by atoms with Crippen molar-refractivity contribution in [2.75, 3.05) is 26.2 Å². The SMILES string of the molecule is CC(=O)N1CCN(C(=O)Cc2c(C)nn(CC(C)C)c2C)CC1. The van der Waals surface area contributed by atoms with Crippen LogP contribution in [0.2, 0.25) is 0 Å². The number of hydrogen-bond donors (Lipinski definition) is 0. The van der Waals surface area contributed by atoms with E-state index >= 15 is 0 Å². The van der Waals surface area contributed by atoms with Crippen LogP contribution in [0.3, 0.4) is 0 Å². The summed E-state index contributed by atoms with van der Waals surface area (Å²) in [5.41, 5.74) is 3.08. The molecule has 1 aliphatic rings. The maximum absolute atomic E-state index is 12.6. The highest BCUT2D eigenvalue weighted by Gasteiger charge is 2.24. The van der Waals surface area contributed by atoms with Crippen molar-refractivity contribution in [1.29, 1.82) is 0 Å². The van der Waals surface area contributed by atoms with E-state index in [0.29, 0.717) is 38.5 Å². The summed E-state index contributed by atoms with van der Waals surface area (Å²) in [6.07, 6.45) is 0.399. The Bertz CT molecular complexity index is 584. The van der Waals surface area contributed by atoms with Gasteiger partial charge in [-0.25, -0.2) is 0 Å². The fourth-order valence-electron chi connectivity index (χ4n) is 3.05. The fourth-order valence-corrected chi connectivity index (χ4v) is 3.05. The van der Waals surface area contributed by atoms with Gasteiger partial charge in [0.1, 0.15) is 0 Å². The molecule has 1 aromatic heterocycles. The van der Waals surface area contributed by atoms with Crippen LogP contribution in [-0.2, 0) is 22.6 Å². The lowest BCUT2D eigenvalue weighted by atomic mass is 10.1. The zero-order valence-corrected chi connectivity index (χ0v) is 14.9. The molecule has 0 radical (unpaired) electrons. The Morgan fingerprint density at radius 1 is 1.09 bits per heavy atom. The summed E-state index contributed by atoms with van der Waals surface area (Å²) in [5, 5.41) is 4.58. The Hall–Kier alpha value is -1.85. The van der Waals surface area contributed by atoms with Gasteiger partial charge in [0.25, 0.3) is 0 Å².